The molecule has 0 aliphatic rings. The summed E-state index contributed by atoms with van der Waals surface area (Å²) in [6.07, 6.45) is 0. The Hall–Kier alpha value is -3.07. The number of benzene rings is 2. The van der Waals surface area contributed by atoms with Crippen molar-refractivity contribution in [3.05, 3.63) is 53.8 Å². The van der Waals surface area contributed by atoms with E-state index in [0.717, 1.165) is 6.07 Å². The second-order valence-electron chi connectivity index (χ2n) is 4.06. The predicted octanol–water partition coefficient (Wildman–Crippen LogP) is 2.69. The molecule has 0 spiro atoms. The second kappa shape index (κ2) is 6.39. The van der Waals surface area contributed by atoms with Crippen molar-refractivity contribution in [3.63, 3.8) is 0 Å². The Morgan fingerprint density at radius 3 is 2.62 bits per heavy atom. The summed E-state index contributed by atoms with van der Waals surface area (Å²) in [6, 6.07) is 11.7. The lowest BCUT2D eigenvalue weighted by atomic mass is 10.1. The van der Waals surface area contributed by atoms with E-state index in [1.54, 1.807) is 24.3 Å². The number of nitriles is 1. The Balaban J connectivity index is 2.11. The van der Waals surface area contributed by atoms with E-state index in [1.807, 2.05) is 6.07 Å². The molecule has 0 radical (unpaired) electrons. The predicted molar refractivity (Wildman–Crippen MR) is 73.6 cm³/mol. The minimum absolute atomic E-state index is 0.0746. The number of aromatic hydroxyl groups is 1. The van der Waals surface area contributed by atoms with Gasteiger partial charge in [0.2, 0.25) is 0 Å². The lowest BCUT2D eigenvalue weighted by Crippen LogP contribution is -2.14. The average molecular weight is 286 g/mol. The first-order chi connectivity index (χ1) is 10.1. The zero-order chi connectivity index (χ0) is 15.2. The summed E-state index contributed by atoms with van der Waals surface area (Å²) in [5, 5.41) is 20.4. The van der Waals surface area contributed by atoms with Gasteiger partial charge in [-0.1, -0.05) is 6.07 Å². The lowest BCUT2D eigenvalue weighted by Gasteiger charge is -2.08. The Labute approximate surface area is 120 Å². The van der Waals surface area contributed by atoms with Crippen LogP contribution in [0.1, 0.15) is 10.4 Å². The van der Waals surface area contributed by atoms with Crippen LogP contribution in [0.5, 0.6) is 11.5 Å². The molecule has 2 aromatic rings. The van der Waals surface area contributed by atoms with Crippen LogP contribution in [0.15, 0.2) is 42.5 Å². The minimum Gasteiger partial charge on any atom is -0.507 e. The number of hydrogen-bond acceptors (Lipinski definition) is 4. The van der Waals surface area contributed by atoms with Gasteiger partial charge in [0.15, 0.2) is 6.61 Å². The van der Waals surface area contributed by atoms with Gasteiger partial charge in [0.1, 0.15) is 28.9 Å². The number of phenolic OH excluding ortho intramolecular Hbond substituents is 1. The summed E-state index contributed by atoms with van der Waals surface area (Å²) in [4.78, 5) is 11.9. The summed E-state index contributed by atoms with van der Waals surface area (Å²) in [6.45, 7) is -0.0746. The summed E-state index contributed by atoms with van der Waals surface area (Å²) >= 11 is 0. The Morgan fingerprint density at radius 2 is 2.00 bits per heavy atom. The molecule has 0 heterocycles. The molecule has 0 aliphatic heterocycles. The van der Waals surface area contributed by atoms with Gasteiger partial charge < -0.3 is 15.2 Å². The molecule has 1 amide bonds. The van der Waals surface area contributed by atoms with Crippen LogP contribution in [0.2, 0.25) is 0 Å². The van der Waals surface area contributed by atoms with Gasteiger partial charge in [-0.25, -0.2) is 4.39 Å². The number of carbonyl (C=O) groups is 1. The SMILES string of the molecule is N#CCOc1ccc(NC(=O)c2c(O)cccc2F)cc1. The Morgan fingerprint density at radius 1 is 1.29 bits per heavy atom. The fourth-order valence-electron chi connectivity index (χ4n) is 1.68. The van der Waals surface area contributed by atoms with Crippen molar-refractivity contribution >= 4 is 11.6 Å². The van der Waals surface area contributed by atoms with Gasteiger partial charge in [0.05, 0.1) is 0 Å². The number of amides is 1. The third-order valence-electron chi connectivity index (χ3n) is 2.63. The normalized spacial score (nSPS) is 9.71. The highest BCUT2D eigenvalue weighted by Gasteiger charge is 2.16. The smallest absolute Gasteiger partial charge is 0.262 e. The van der Waals surface area contributed by atoms with Crippen LogP contribution in [0.25, 0.3) is 0 Å². The first kappa shape index (κ1) is 14.3. The molecule has 2 N–H and O–H groups in total. The highest BCUT2D eigenvalue weighted by molar-refractivity contribution is 6.06. The number of nitrogens with one attached hydrogen (secondary N) is 1. The second-order valence-corrected chi connectivity index (χ2v) is 4.06. The maximum Gasteiger partial charge on any atom is 0.262 e. The Kier molecular flexibility index (Phi) is 4.36. The summed E-state index contributed by atoms with van der Waals surface area (Å²) in [5.74, 6) is -1.51. The molecule has 21 heavy (non-hydrogen) atoms. The van der Waals surface area contributed by atoms with Crippen molar-refractivity contribution in [1.29, 1.82) is 5.26 Å². The maximum atomic E-state index is 13.5. The van der Waals surface area contributed by atoms with E-state index >= 15 is 0 Å². The van der Waals surface area contributed by atoms with E-state index < -0.39 is 23.0 Å². The molecule has 2 rings (SSSR count). The third-order valence-corrected chi connectivity index (χ3v) is 2.63. The molecule has 0 unspecified atom stereocenters. The van der Waals surface area contributed by atoms with Crippen LogP contribution in [-0.4, -0.2) is 17.6 Å². The van der Waals surface area contributed by atoms with Gasteiger partial charge in [-0.2, -0.15) is 5.26 Å². The molecule has 0 saturated heterocycles. The number of nitrogens with zero attached hydrogens (tertiary/aromatic N) is 1. The summed E-state index contributed by atoms with van der Waals surface area (Å²) < 4.78 is 18.6. The van der Waals surface area contributed by atoms with Gasteiger partial charge in [0, 0.05) is 5.69 Å². The van der Waals surface area contributed by atoms with Crippen molar-refractivity contribution in [2.45, 2.75) is 0 Å². The van der Waals surface area contributed by atoms with Crippen molar-refractivity contribution in [2.24, 2.45) is 0 Å². The van der Waals surface area contributed by atoms with E-state index in [-0.39, 0.29) is 6.61 Å². The van der Waals surface area contributed by atoms with E-state index in [9.17, 15) is 14.3 Å². The van der Waals surface area contributed by atoms with Crippen molar-refractivity contribution in [1.82, 2.24) is 0 Å². The van der Waals surface area contributed by atoms with Gasteiger partial charge in [-0.3, -0.25) is 4.79 Å². The number of ether oxygens (including phenoxy) is 1. The Bertz CT molecular complexity index is 673. The monoisotopic (exact) mass is 286 g/mol. The first-order valence-electron chi connectivity index (χ1n) is 6.00. The number of rotatable bonds is 4. The van der Waals surface area contributed by atoms with Crippen molar-refractivity contribution in [3.8, 4) is 17.6 Å². The molecule has 106 valence electrons. The number of halogens is 1. The zero-order valence-corrected chi connectivity index (χ0v) is 10.8. The van der Waals surface area contributed by atoms with Crippen molar-refractivity contribution < 1.29 is 19.0 Å². The lowest BCUT2D eigenvalue weighted by molar-refractivity contribution is 0.102. The molecule has 5 nitrogen and oxygen atoms in total. The average Bonchev–Trinajstić information content (AvgIpc) is 2.46. The third kappa shape index (κ3) is 3.48. The van der Waals surface area contributed by atoms with E-state index in [0.29, 0.717) is 11.4 Å². The van der Waals surface area contributed by atoms with Gasteiger partial charge in [-0.15, -0.1) is 0 Å². The molecule has 0 saturated carbocycles. The first-order valence-corrected chi connectivity index (χ1v) is 6.00. The van der Waals surface area contributed by atoms with E-state index in [1.165, 1.54) is 12.1 Å². The molecule has 0 fully saturated rings. The number of phenols is 1. The number of carbonyl (C=O) groups excluding carboxylic acids is 1. The minimum atomic E-state index is -0.804. The molecule has 0 aliphatic carbocycles. The van der Waals surface area contributed by atoms with Crippen LogP contribution in [0, 0.1) is 17.1 Å². The molecule has 2 aromatic carbocycles. The quantitative estimate of drug-likeness (QED) is 0.905. The largest absolute Gasteiger partial charge is 0.507 e. The van der Waals surface area contributed by atoms with Gasteiger partial charge in [0.25, 0.3) is 5.91 Å². The topological polar surface area (TPSA) is 82.3 Å². The van der Waals surface area contributed by atoms with Crippen LogP contribution in [0.4, 0.5) is 10.1 Å². The van der Waals surface area contributed by atoms with Gasteiger partial charge in [-0.05, 0) is 36.4 Å². The highest BCUT2D eigenvalue weighted by atomic mass is 19.1. The molecular weight excluding hydrogens is 275 g/mol. The van der Waals surface area contributed by atoms with Crippen molar-refractivity contribution in [2.75, 3.05) is 11.9 Å². The standard InChI is InChI=1S/C15H11FN2O3/c16-12-2-1-3-13(19)14(12)15(20)18-10-4-6-11(7-5-10)21-9-8-17/h1-7,19H,9H2,(H,18,20). The fraction of sp³-hybridized carbons (Fsp3) is 0.0667. The molecular formula is C15H11FN2O3. The van der Waals surface area contributed by atoms with E-state index in [2.05, 4.69) is 5.32 Å². The molecule has 6 heteroatoms. The molecule has 0 bridgehead atoms. The fourth-order valence-corrected chi connectivity index (χ4v) is 1.68. The molecule has 0 aromatic heterocycles. The van der Waals surface area contributed by atoms with Crippen LogP contribution >= 0.6 is 0 Å². The maximum absolute atomic E-state index is 13.5. The van der Waals surface area contributed by atoms with E-state index in [4.69, 9.17) is 10.00 Å². The summed E-state index contributed by atoms with van der Waals surface area (Å²) in [7, 11) is 0. The molecule has 0 atom stereocenters. The highest BCUT2D eigenvalue weighted by Crippen LogP contribution is 2.22. The van der Waals surface area contributed by atoms with Crippen LogP contribution in [0.3, 0.4) is 0 Å². The number of hydrogen-bond donors (Lipinski definition) is 2. The van der Waals surface area contributed by atoms with Crippen LogP contribution in [-0.2, 0) is 0 Å². The number of anilines is 1. The van der Waals surface area contributed by atoms with Crippen LogP contribution < -0.4 is 10.1 Å². The van der Waals surface area contributed by atoms with Gasteiger partial charge >= 0.3 is 0 Å². The zero-order valence-electron chi connectivity index (χ0n) is 10.8. The summed E-state index contributed by atoms with van der Waals surface area (Å²) in [5.41, 5.74) is -0.00531.